The smallest absolute Gasteiger partial charge is 0.335 e. The van der Waals surface area contributed by atoms with Crippen LogP contribution >= 0.6 is 0 Å². The van der Waals surface area contributed by atoms with Gasteiger partial charge in [0.1, 0.15) is 5.75 Å². The number of aromatic carboxylic acids is 1. The molecule has 8 heteroatoms. The van der Waals surface area contributed by atoms with Crippen LogP contribution in [0.25, 0.3) is 0 Å². The average molecular weight is 426 g/mol. The molecule has 0 bridgehead atoms. The van der Waals surface area contributed by atoms with Crippen molar-refractivity contribution in [1.82, 2.24) is 9.97 Å². The van der Waals surface area contributed by atoms with Crippen molar-refractivity contribution < 1.29 is 14.6 Å². The number of fused-ring (bicyclic) bond motifs is 1. The Bertz CT molecular complexity index is 945. The maximum Gasteiger partial charge on any atom is 0.335 e. The largest absolute Gasteiger partial charge is 0.495 e. The number of carboxylic acids is 1. The van der Waals surface area contributed by atoms with Crippen molar-refractivity contribution in [3.05, 3.63) is 30.0 Å². The number of hydrogen-bond donors (Lipinski definition) is 2. The third-order valence-electron chi connectivity index (χ3n) is 6.32. The Balaban J connectivity index is 1.69. The molecule has 0 amide bonds. The Morgan fingerprint density at radius 2 is 2.10 bits per heavy atom. The number of nitrogens with zero attached hydrogens (tertiary/aromatic N) is 4. The number of aromatic nitrogens is 2. The zero-order valence-corrected chi connectivity index (χ0v) is 18.5. The molecule has 1 aliphatic heterocycles. The first kappa shape index (κ1) is 21.2. The number of hydrogen-bond acceptors (Lipinski definition) is 7. The van der Waals surface area contributed by atoms with Gasteiger partial charge in [-0.15, -0.1) is 0 Å². The summed E-state index contributed by atoms with van der Waals surface area (Å²) in [6.45, 7) is 3.22. The molecule has 31 heavy (non-hydrogen) atoms. The molecule has 0 radical (unpaired) electrons. The van der Waals surface area contributed by atoms with Crippen LogP contribution in [0.4, 0.5) is 23.1 Å². The van der Waals surface area contributed by atoms with Gasteiger partial charge >= 0.3 is 5.97 Å². The van der Waals surface area contributed by atoms with Gasteiger partial charge in [0.2, 0.25) is 5.95 Å². The zero-order chi connectivity index (χ0) is 22.0. The molecule has 1 saturated carbocycles. The van der Waals surface area contributed by atoms with Crippen molar-refractivity contribution in [2.24, 2.45) is 0 Å². The van der Waals surface area contributed by atoms with E-state index in [1.165, 1.54) is 38.9 Å². The fraction of sp³-hybridized carbons (Fsp3) is 0.522. The molecular formula is C23H31N5O3. The van der Waals surface area contributed by atoms with E-state index in [-0.39, 0.29) is 5.56 Å². The second kappa shape index (κ2) is 8.99. The molecule has 2 aromatic rings. The lowest BCUT2D eigenvalue weighted by Crippen LogP contribution is -2.52. The van der Waals surface area contributed by atoms with Gasteiger partial charge in [-0.3, -0.25) is 0 Å². The zero-order valence-electron chi connectivity index (χ0n) is 18.5. The topological polar surface area (TPSA) is 90.8 Å². The van der Waals surface area contributed by atoms with Crippen molar-refractivity contribution in [1.29, 1.82) is 0 Å². The van der Waals surface area contributed by atoms with Gasteiger partial charge in [-0.1, -0.05) is 26.2 Å². The van der Waals surface area contributed by atoms with Crippen molar-refractivity contribution in [3.8, 4) is 5.75 Å². The molecule has 0 unspecified atom stereocenters. The molecule has 0 saturated heterocycles. The lowest BCUT2D eigenvalue weighted by molar-refractivity contribution is 0.0696. The van der Waals surface area contributed by atoms with Gasteiger partial charge in [0, 0.05) is 25.7 Å². The van der Waals surface area contributed by atoms with E-state index < -0.39 is 5.97 Å². The number of carbonyl (C=O) groups is 1. The summed E-state index contributed by atoms with van der Waals surface area (Å²) in [6.07, 6.45) is 9.12. The normalized spacial score (nSPS) is 18.7. The van der Waals surface area contributed by atoms with E-state index in [1.54, 1.807) is 12.1 Å². The summed E-state index contributed by atoms with van der Waals surface area (Å²) < 4.78 is 5.39. The minimum Gasteiger partial charge on any atom is -0.495 e. The molecule has 1 aromatic heterocycles. The molecule has 2 heterocycles. The highest BCUT2D eigenvalue weighted by molar-refractivity contribution is 5.89. The van der Waals surface area contributed by atoms with E-state index in [4.69, 9.17) is 9.72 Å². The van der Waals surface area contributed by atoms with E-state index in [9.17, 15) is 9.90 Å². The van der Waals surface area contributed by atoms with E-state index >= 15 is 0 Å². The maximum absolute atomic E-state index is 11.3. The number of nitrogens with one attached hydrogen (secondary N) is 1. The SMILES string of the molecule is CCC[C@@H]1CN(C)c2cnc(Nc3ccc(C(=O)O)cc3OC)nc2N1C1CCCC1. The first-order valence-corrected chi connectivity index (χ1v) is 11.1. The summed E-state index contributed by atoms with van der Waals surface area (Å²) >= 11 is 0. The monoisotopic (exact) mass is 425 g/mol. The molecule has 1 aromatic carbocycles. The van der Waals surface area contributed by atoms with Crippen LogP contribution in [0.2, 0.25) is 0 Å². The lowest BCUT2D eigenvalue weighted by atomic mass is 10.0. The molecule has 2 N–H and O–H groups in total. The Hall–Kier alpha value is -3.03. The molecule has 2 aliphatic rings. The first-order chi connectivity index (χ1) is 15.0. The van der Waals surface area contributed by atoms with Gasteiger partial charge < -0.3 is 25.0 Å². The van der Waals surface area contributed by atoms with Crippen molar-refractivity contribution in [2.45, 2.75) is 57.5 Å². The number of benzene rings is 1. The predicted octanol–water partition coefficient (Wildman–Crippen LogP) is 4.29. The number of anilines is 4. The van der Waals surface area contributed by atoms with E-state index in [2.05, 4.69) is 34.1 Å². The lowest BCUT2D eigenvalue weighted by Gasteiger charge is -2.45. The average Bonchev–Trinajstić information content (AvgIpc) is 3.28. The number of rotatable bonds is 7. The van der Waals surface area contributed by atoms with Crippen molar-refractivity contribution in [2.75, 3.05) is 35.8 Å². The second-order valence-corrected chi connectivity index (χ2v) is 8.42. The predicted molar refractivity (Wildman–Crippen MR) is 122 cm³/mol. The van der Waals surface area contributed by atoms with E-state index in [1.807, 2.05) is 6.20 Å². The van der Waals surface area contributed by atoms with Crippen LogP contribution in [0.15, 0.2) is 24.4 Å². The second-order valence-electron chi connectivity index (χ2n) is 8.42. The minimum atomic E-state index is -0.993. The molecule has 166 valence electrons. The highest BCUT2D eigenvalue weighted by atomic mass is 16.5. The van der Waals surface area contributed by atoms with Gasteiger partial charge in [-0.2, -0.15) is 4.98 Å². The molecule has 1 fully saturated rings. The highest BCUT2D eigenvalue weighted by Gasteiger charge is 2.36. The summed E-state index contributed by atoms with van der Waals surface area (Å²) in [7, 11) is 3.63. The summed E-state index contributed by atoms with van der Waals surface area (Å²) in [6, 6.07) is 5.70. The molecular weight excluding hydrogens is 394 g/mol. The van der Waals surface area contributed by atoms with E-state index in [0.29, 0.717) is 29.5 Å². The van der Waals surface area contributed by atoms with Gasteiger partial charge in [0.25, 0.3) is 0 Å². The Morgan fingerprint density at radius 3 is 2.77 bits per heavy atom. The third kappa shape index (κ3) is 4.24. The fourth-order valence-electron chi connectivity index (χ4n) is 4.83. The van der Waals surface area contributed by atoms with Crippen LogP contribution in [0.3, 0.4) is 0 Å². The van der Waals surface area contributed by atoms with Crippen LogP contribution in [-0.2, 0) is 0 Å². The highest BCUT2D eigenvalue weighted by Crippen LogP contribution is 2.40. The summed E-state index contributed by atoms with van der Waals surface area (Å²) in [4.78, 5) is 25.5. The minimum absolute atomic E-state index is 0.171. The first-order valence-electron chi connectivity index (χ1n) is 11.1. The summed E-state index contributed by atoms with van der Waals surface area (Å²) in [5.74, 6) is 0.910. The maximum atomic E-state index is 11.3. The molecule has 8 nitrogen and oxygen atoms in total. The number of methoxy groups -OCH3 is 1. The Kier molecular flexibility index (Phi) is 6.15. The van der Waals surface area contributed by atoms with Gasteiger partial charge in [0.15, 0.2) is 5.82 Å². The van der Waals surface area contributed by atoms with Crippen LogP contribution in [0.1, 0.15) is 55.8 Å². The van der Waals surface area contributed by atoms with Gasteiger partial charge in [0.05, 0.1) is 30.2 Å². The number of likely N-dealkylation sites (N-methyl/N-ethyl adjacent to an activating group) is 1. The molecule has 4 rings (SSSR count). The Labute approximate surface area is 183 Å². The summed E-state index contributed by atoms with van der Waals surface area (Å²) in [5, 5.41) is 12.5. The van der Waals surface area contributed by atoms with Gasteiger partial charge in [-0.05, 0) is 37.5 Å². The van der Waals surface area contributed by atoms with E-state index in [0.717, 1.165) is 30.9 Å². The number of carboxylic acid groups (broad SMARTS) is 1. The molecule has 0 spiro atoms. The van der Waals surface area contributed by atoms with Gasteiger partial charge in [-0.25, -0.2) is 9.78 Å². The van der Waals surface area contributed by atoms with Crippen molar-refractivity contribution in [3.63, 3.8) is 0 Å². The third-order valence-corrected chi connectivity index (χ3v) is 6.32. The van der Waals surface area contributed by atoms with Crippen LogP contribution in [-0.4, -0.2) is 53.8 Å². The van der Waals surface area contributed by atoms with Crippen molar-refractivity contribution >= 4 is 29.1 Å². The molecule has 1 atom stereocenters. The quantitative estimate of drug-likeness (QED) is 0.679. The van der Waals surface area contributed by atoms with Crippen LogP contribution in [0.5, 0.6) is 5.75 Å². The Morgan fingerprint density at radius 1 is 1.32 bits per heavy atom. The number of ether oxygens (including phenoxy) is 1. The molecule has 1 aliphatic carbocycles. The summed E-state index contributed by atoms with van der Waals surface area (Å²) in [5.41, 5.74) is 1.86. The fourth-order valence-corrected chi connectivity index (χ4v) is 4.83. The van der Waals surface area contributed by atoms with Crippen LogP contribution in [0, 0.1) is 0 Å². The standard InChI is InChI=1S/C23H31N5O3/c1-4-7-17-14-27(2)19-13-24-23(26-21(19)28(17)16-8-5-6-9-16)25-18-11-10-15(22(29)30)12-20(18)31-3/h10-13,16-17H,4-9,14H2,1-3H3,(H,29,30)(H,24,25,26)/t17-/m1/s1. The van der Waals surface area contributed by atoms with Crippen LogP contribution < -0.4 is 19.9 Å².